The van der Waals surface area contributed by atoms with E-state index in [0.29, 0.717) is 11.7 Å². The van der Waals surface area contributed by atoms with Crippen LogP contribution in [-0.4, -0.2) is 5.78 Å². The van der Waals surface area contributed by atoms with Crippen molar-refractivity contribution < 1.29 is 4.79 Å². The first-order valence-electron chi connectivity index (χ1n) is 4.68. The minimum atomic E-state index is 0.189. The van der Waals surface area contributed by atoms with Crippen LogP contribution in [-0.2, 0) is 4.79 Å². The third kappa shape index (κ3) is 1.13. The van der Waals surface area contributed by atoms with Gasteiger partial charge in [-0.3, -0.25) is 4.79 Å². The Morgan fingerprint density at radius 1 is 1.50 bits per heavy atom. The van der Waals surface area contributed by atoms with Gasteiger partial charge >= 0.3 is 0 Å². The first-order chi connectivity index (χ1) is 5.79. The summed E-state index contributed by atoms with van der Waals surface area (Å²) in [6, 6.07) is 0. The van der Waals surface area contributed by atoms with Crippen LogP contribution in [0.15, 0.2) is 23.8 Å². The number of Topliss-reactive ketones (excluding diaryl/α,β-unsaturated/α-hetero) is 1. The van der Waals surface area contributed by atoms with E-state index in [4.69, 9.17) is 0 Å². The van der Waals surface area contributed by atoms with Gasteiger partial charge in [0.25, 0.3) is 0 Å². The first kappa shape index (κ1) is 7.78. The second-order valence-corrected chi connectivity index (χ2v) is 3.75. The molecule has 12 heavy (non-hydrogen) atoms. The summed E-state index contributed by atoms with van der Waals surface area (Å²) < 4.78 is 0. The van der Waals surface area contributed by atoms with E-state index in [0.717, 1.165) is 19.3 Å². The van der Waals surface area contributed by atoms with Gasteiger partial charge in [-0.25, -0.2) is 0 Å². The van der Waals surface area contributed by atoms with E-state index >= 15 is 0 Å². The van der Waals surface area contributed by atoms with Gasteiger partial charge in [-0.15, -0.1) is 0 Å². The lowest BCUT2D eigenvalue weighted by molar-refractivity contribution is -0.122. The van der Waals surface area contributed by atoms with Crippen LogP contribution in [0, 0.1) is 11.8 Å². The molecule has 0 aromatic rings. The number of carbonyl (C=O) groups is 1. The number of fused-ring (bicyclic) bond motifs is 1. The number of hydrogen-bond acceptors (Lipinski definition) is 1. The summed E-state index contributed by atoms with van der Waals surface area (Å²) in [4.78, 5) is 11.4. The zero-order valence-electron chi connectivity index (χ0n) is 7.42. The second kappa shape index (κ2) is 2.89. The molecule has 2 atom stereocenters. The molecule has 0 amide bonds. The van der Waals surface area contributed by atoms with Crippen molar-refractivity contribution in [2.45, 2.75) is 26.2 Å². The van der Waals surface area contributed by atoms with Crippen molar-refractivity contribution in [2.75, 3.05) is 0 Å². The SMILES string of the molecule is CC1C(=O)CCC2CC=CC=C21. The predicted molar refractivity (Wildman–Crippen MR) is 48.7 cm³/mol. The van der Waals surface area contributed by atoms with Crippen LogP contribution in [0.5, 0.6) is 0 Å². The number of allylic oxidation sites excluding steroid dienone is 4. The smallest absolute Gasteiger partial charge is 0.139 e. The molecular weight excluding hydrogens is 148 g/mol. The van der Waals surface area contributed by atoms with E-state index < -0.39 is 0 Å². The van der Waals surface area contributed by atoms with Crippen molar-refractivity contribution in [3.8, 4) is 0 Å². The van der Waals surface area contributed by atoms with Gasteiger partial charge in [-0.05, 0) is 18.8 Å². The monoisotopic (exact) mass is 162 g/mol. The molecule has 0 aromatic carbocycles. The van der Waals surface area contributed by atoms with Crippen molar-refractivity contribution in [3.05, 3.63) is 23.8 Å². The van der Waals surface area contributed by atoms with Crippen LogP contribution in [0.1, 0.15) is 26.2 Å². The highest BCUT2D eigenvalue weighted by Gasteiger charge is 2.29. The fourth-order valence-electron chi connectivity index (χ4n) is 2.20. The van der Waals surface area contributed by atoms with Crippen molar-refractivity contribution in [2.24, 2.45) is 11.8 Å². The van der Waals surface area contributed by atoms with Gasteiger partial charge in [0.2, 0.25) is 0 Å². The summed E-state index contributed by atoms with van der Waals surface area (Å²) in [5, 5.41) is 0. The maximum Gasteiger partial charge on any atom is 0.139 e. The van der Waals surface area contributed by atoms with Crippen LogP contribution >= 0.6 is 0 Å². The van der Waals surface area contributed by atoms with E-state index in [1.807, 2.05) is 6.92 Å². The number of rotatable bonds is 0. The number of carbonyl (C=O) groups excluding carboxylic acids is 1. The average molecular weight is 162 g/mol. The summed E-state index contributed by atoms with van der Waals surface area (Å²) in [6.07, 6.45) is 9.42. The van der Waals surface area contributed by atoms with E-state index in [-0.39, 0.29) is 5.92 Å². The maximum atomic E-state index is 11.4. The van der Waals surface area contributed by atoms with Gasteiger partial charge in [0.1, 0.15) is 5.78 Å². The minimum absolute atomic E-state index is 0.189. The standard InChI is InChI=1S/C11H14O/c1-8-10-5-3-2-4-9(10)6-7-11(8)12/h2-3,5,8-9H,4,6-7H2,1H3. The topological polar surface area (TPSA) is 17.1 Å². The zero-order chi connectivity index (χ0) is 8.55. The van der Waals surface area contributed by atoms with Crippen molar-refractivity contribution >= 4 is 5.78 Å². The molecular formula is C11H14O. The van der Waals surface area contributed by atoms with Gasteiger partial charge in [0.05, 0.1) is 0 Å². The van der Waals surface area contributed by atoms with Crippen LogP contribution in [0.3, 0.4) is 0 Å². The molecule has 1 heteroatoms. The van der Waals surface area contributed by atoms with E-state index in [1.54, 1.807) is 0 Å². The second-order valence-electron chi connectivity index (χ2n) is 3.75. The molecule has 64 valence electrons. The Bertz CT molecular complexity index is 260. The Balaban J connectivity index is 2.27. The normalized spacial score (nSPS) is 34.4. The molecule has 2 aliphatic rings. The van der Waals surface area contributed by atoms with Crippen molar-refractivity contribution in [1.82, 2.24) is 0 Å². The fraction of sp³-hybridized carbons (Fsp3) is 0.545. The van der Waals surface area contributed by atoms with E-state index in [9.17, 15) is 4.79 Å². The number of ketones is 1. The molecule has 2 rings (SSSR count). The zero-order valence-corrected chi connectivity index (χ0v) is 7.42. The summed E-state index contributed by atoms with van der Waals surface area (Å²) in [5.41, 5.74) is 1.37. The van der Waals surface area contributed by atoms with E-state index in [1.165, 1.54) is 5.57 Å². The Labute approximate surface area is 73.2 Å². The van der Waals surface area contributed by atoms with Crippen LogP contribution in [0.2, 0.25) is 0 Å². The molecule has 0 N–H and O–H groups in total. The van der Waals surface area contributed by atoms with Gasteiger partial charge in [0, 0.05) is 12.3 Å². The summed E-state index contributed by atoms with van der Waals surface area (Å²) in [6.45, 7) is 2.04. The highest BCUT2D eigenvalue weighted by Crippen LogP contribution is 2.36. The van der Waals surface area contributed by atoms with Gasteiger partial charge in [0.15, 0.2) is 0 Å². The highest BCUT2D eigenvalue weighted by atomic mass is 16.1. The lowest BCUT2D eigenvalue weighted by Gasteiger charge is -2.30. The molecule has 1 fully saturated rings. The lowest BCUT2D eigenvalue weighted by atomic mass is 9.74. The Morgan fingerprint density at radius 2 is 2.33 bits per heavy atom. The van der Waals surface area contributed by atoms with Crippen LogP contribution in [0.25, 0.3) is 0 Å². The van der Waals surface area contributed by atoms with Crippen molar-refractivity contribution in [1.29, 1.82) is 0 Å². The Hall–Kier alpha value is -0.850. The quantitative estimate of drug-likeness (QED) is 0.535. The predicted octanol–water partition coefficient (Wildman–Crippen LogP) is 2.49. The average Bonchev–Trinajstić information content (AvgIpc) is 2.12. The van der Waals surface area contributed by atoms with Crippen LogP contribution < -0.4 is 0 Å². The minimum Gasteiger partial charge on any atom is -0.299 e. The molecule has 0 saturated heterocycles. The number of hydrogen-bond donors (Lipinski definition) is 0. The summed E-state index contributed by atoms with van der Waals surface area (Å²) >= 11 is 0. The third-order valence-corrected chi connectivity index (χ3v) is 3.04. The Morgan fingerprint density at radius 3 is 3.17 bits per heavy atom. The molecule has 1 nitrogen and oxygen atoms in total. The van der Waals surface area contributed by atoms with Gasteiger partial charge in [-0.1, -0.05) is 30.7 Å². The van der Waals surface area contributed by atoms with Gasteiger partial charge in [-0.2, -0.15) is 0 Å². The fourth-order valence-corrected chi connectivity index (χ4v) is 2.20. The molecule has 0 aliphatic heterocycles. The van der Waals surface area contributed by atoms with Gasteiger partial charge < -0.3 is 0 Å². The highest BCUT2D eigenvalue weighted by molar-refractivity contribution is 5.84. The molecule has 0 aromatic heterocycles. The molecule has 1 saturated carbocycles. The summed E-state index contributed by atoms with van der Waals surface area (Å²) in [7, 11) is 0. The molecule has 2 unspecified atom stereocenters. The molecule has 0 heterocycles. The maximum absolute atomic E-state index is 11.4. The third-order valence-electron chi connectivity index (χ3n) is 3.04. The largest absolute Gasteiger partial charge is 0.299 e. The molecule has 0 spiro atoms. The van der Waals surface area contributed by atoms with E-state index in [2.05, 4.69) is 18.2 Å². The Kier molecular flexibility index (Phi) is 1.87. The van der Waals surface area contributed by atoms with Crippen molar-refractivity contribution in [3.63, 3.8) is 0 Å². The molecule has 2 aliphatic carbocycles. The first-order valence-corrected chi connectivity index (χ1v) is 4.68. The summed E-state index contributed by atoms with van der Waals surface area (Å²) in [5.74, 6) is 1.28. The molecule has 0 bridgehead atoms. The molecule has 0 radical (unpaired) electrons. The lowest BCUT2D eigenvalue weighted by Crippen LogP contribution is -2.26. The van der Waals surface area contributed by atoms with Crippen LogP contribution in [0.4, 0.5) is 0 Å².